The summed E-state index contributed by atoms with van der Waals surface area (Å²) in [4.78, 5) is 14.3. The van der Waals surface area contributed by atoms with E-state index in [1.807, 2.05) is 24.3 Å². The van der Waals surface area contributed by atoms with Gasteiger partial charge in [-0.1, -0.05) is 18.2 Å². The zero-order valence-electron chi connectivity index (χ0n) is 10.6. The molecule has 0 aliphatic heterocycles. The quantitative estimate of drug-likeness (QED) is 0.763. The van der Waals surface area contributed by atoms with E-state index in [1.54, 1.807) is 12.1 Å². The highest BCUT2D eigenvalue weighted by atomic mass is 19.1. The molecule has 0 unspecified atom stereocenters. The highest BCUT2D eigenvalue weighted by Gasteiger charge is 2.15. The van der Waals surface area contributed by atoms with Gasteiger partial charge in [-0.05, 0) is 41.5 Å². The number of fused-ring (bicyclic) bond motifs is 1. The van der Waals surface area contributed by atoms with E-state index in [9.17, 15) is 9.18 Å². The first-order valence-corrected chi connectivity index (χ1v) is 6.22. The number of H-pyrrole nitrogens is 1. The smallest absolute Gasteiger partial charge is 0.307 e. The summed E-state index contributed by atoms with van der Waals surface area (Å²) in [6.45, 7) is 0. The number of aliphatic carboxylic acids is 1. The number of benzene rings is 2. The molecule has 0 aliphatic rings. The Bertz CT molecular complexity index is 775. The standard InChI is InChI=1S/C16H12FNO2/c17-11-7-5-10(6-8-11)16-13(9-15(19)20)12-3-1-2-4-14(12)18-16/h1-8,18H,9H2,(H,19,20). The summed E-state index contributed by atoms with van der Waals surface area (Å²) in [5.41, 5.74) is 3.11. The highest BCUT2D eigenvalue weighted by Crippen LogP contribution is 2.30. The molecular formula is C16H12FNO2. The second-order valence-electron chi connectivity index (χ2n) is 4.60. The fourth-order valence-electron chi connectivity index (χ4n) is 2.40. The highest BCUT2D eigenvalue weighted by molar-refractivity contribution is 5.93. The van der Waals surface area contributed by atoms with Crippen LogP contribution in [-0.4, -0.2) is 16.1 Å². The van der Waals surface area contributed by atoms with Crippen molar-refractivity contribution in [3.05, 3.63) is 59.9 Å². The van der Waals surface area contributed by atoms with E-state index in [0.717, 1.165) is 27.7 Å². The van der Waals surface area contributed by atoms with Gasteiger partial charge in [0.1, 0.15) is 5.82 Å². The first kappa shape index (κ1) is 12.4. The van der Waals surface area contributed by atoms with E-state index in [1.165, 1.54) is 12.1 Å². The Hall–Kier alpha value is -2.62. The summed E-state index contributed by atoms with van der Waals surface area (Å²) in [7, 11) is 0. The van der Waals surface area contributed by atoms with Crippen molar-refractivity contribution in [2.75, 3.05) is 0 Å². The van der Waals surface area contributed by atoms with Gasteiger partial charge in [-0.25, -0.2) is 4.39 Å². The third kappa shape index (κ3) is 2.16. The summed E-state index contributed by atoms with van der Waals surface area (Å²) in [5.74, 6) is -1.21. The number of aromatic amines is 1. The number of carboxylic acids is 1. The third-order valence-corrected chi connectivity index (χ3v) is 3.27. The molecule has 0 amide bonds. The van der Waals surface area contributed by atoms with Crippen LogP contribution in [0.2, 0.25) is 0 Å². The molecule has 3 nitrogen and oxygen atoms in total. The van der Waals surface area contributed by atoms with Crippen molar-refractivity contribution < 1.29 is 14.3 Å². The lowest BCUT2D eigenvalue weighted by Gasteiger charge is -2.03. The molecule has 0 bridgehead atoms. The van der Waals surface area contributed by atoms with Crippen molar-refractivity contribution in [2.45, 2.75) is 6.42 Å². The maximum Gasteiger partial charge on any atom is 0.307 e. The predicted octanol–water partition coefficient (Wildman–Crippen LogP) is 3.60. The van der Waals surface area contributed by atoms with Gasteiger partial charge in [0, 0.05) is 10.9 Å². The Morgan fingerprint density at radius 2 is 1.80 bits per heavy atom. The Morgan fingerprint density at radius 1 is 1.10 bits per heavy atom. The number of hydrogen-bond acceptors (Lipinski definition) is 1. The maximum atomic E-state index is 13.0. The van der Waals surface area contributed by atoms with Crippen LogP contribution in [0, 0.1) is 5.82 Å². The zero-order valence-corrected chi connectivity index (χ0v) is 10.6. The minimum absolute atomic E-state index is 0.0727. The number of nitrogens with one attached hydrogen (secondary N) is 1. The number of halogens is 1. The number of hydrogen-bond donors (Lipinski definition) is 2. The van der Waals surface area contributed by atoms with Gasteiger partial charge in [0.25, 0.3) is 0 Å². The van der Waals surface area contributed by atoms with Crippen molar-refractivity contribution in [3.63, 3.8) is 0 Å². The van der Waals surface area contributed by atoms with Crippen LogP contribution < -0.4 is 0 Å². The number of para-hydroxylation sites is 1. The lowest BCUT2D eigenvalue weighted by Crippen LogP contribution is -2.00. The van der Waals surface area contributed by atoms with Crippen LogP contribution in [0.5, 0.6) is 0 Å². The molecule has 0 atom stereocenters. The summed E-state index contributed by atoms with van der Waals surface area (Å²) >= 11 is 0. The SMILES string of the molecule is O=C(O)Cc1c(-c2ccc(F)cc2)[nH]c2ccccc12. The van der Waals surface area contributed by atoms with Crippen LogP contribution in [0.4, 0.5) is 4.39 Å². The Morgan fingerprint density at radius 3 is 2.50 bits per heavy atom. The second-order valence-corrected chi connectivity index (χ2v) is 4.60. The topological polar surface area (TPSA) is 53.1 Å². The molecule has 100 valence electrons. The monoisotopic (exact) mass is 269 g/mol. The normalized spacial score (nSPS) is 10.8. The zero-order chi connectivity index (χ0) is 14.1. The maximum absolute atomic E-state index is 13.0. The van der Waals surface area contributed by atoms with E-state index >= 15 is 0 Å². The van der Waals surface area contributed by atoms with Crippen LogP contribution in [0.3, 0.4) is 0 Å². The molecule has 1 aromatic heterocycles. The van der Waals surface area contributed by atoms with Gasteiger partial charge in [0.2, 0.25) is 0 Å². The van der Waals surface area contributed by atoms with E-state index < -0.39 is 5.97 Å². The molecule has 0 fully saturated rings. The Kier molecular flexibility index (Phi) is 2.99. The number of carboxylic acid groups (broad SMARTS) is 1. The van der Waals surface area contributed by atoms with Gasteiger partial charge in [0.05, 0.1) is 12.1 Å². The van der Waals surface area contributed by atoms with Gasteiger partial charge < -0.3 is 10.1 Å². The van der Waals surface area contributed by atoms with Crippen LogP contribution in [0.1, 0.15) is 5.56 Å². The van der Waals surface area contributed by atoms with Gasteiger partial charge in [-0.3, -0.25) is 4.79 Å². The van der Waals surface area contributed by atoms with E-state index in [-0.39, 0.29) is 12.2 Å². The molecular weight excluding hydrogens is 257 g/mol. The van der Waals surface area contributed by atoms with Crippen LogP contribution in [0.25, 0.3) is 22.2 Å². The molecule has 4 heteroatoms. The Balaban J connectivity index is 2.23. The van der Waals surface area contributed by atoms with Crippen molar-refractivity contribution in [1.29, 1.82) is 0 Å². The molecule has 0 saturated carbocycles. The lowest BCUT2D eigenvalue weighted by molar-refractivity contribution is -0.136. The van der Waals surface area contributed by atoms with Crippen molar-refractivity contribution >= 4 is 16.9 Å². The van der Waals surface area contributed by atoms with Gasteiger partial charge in [-0.15, -0.1) is 0 Å². The summed E-state index contributed by atoms with van der Waals surface area (Å²) in [6, 6.07) is 13.6. The molecule has 0 radical (unpaired) electrons. The summed E-state index contributed by atoms with van der Waals surface area (Å²) in [5, 5.41) is 9.97. The van der Waals surface area contributed by atoms with Gasteiger partial charge in [0.15, 0.2) is 0 Å². The second kappa shape index (κ2) is 4.81. The van der Waals surface area contributed by atoms with Crippen LogP contribution in [-0.2, 0) is 11.2 Å². The summed E-state index contributed by atoms with van der Waals surface area (Å²) in [6.07, 6.45) is -0.0727. The fourth-order valence-corrected chi connectivity index (χ4v) is 2.40. The fraction of sp³-hybridized carbons (Fsp3) is 0.0625. The molecule has 0 saturated heterocycles. The molecule has 20 heavy (non-hydrogen) atoms. The molecule has 1 heterocycles. The number of carbonyl (C=O) groups is 1. The number of aromatic nitrogens is 1. The average molecular weight is 269 g/mol. The Labute approximate surface area is 114 Å². The minimum atomic E-state index is -0.891. The molecule has 2 aromatic carbocycles. The first-order valence-electron chi connectivity index (χ1n) is 6.22. The minimum Gasteiger partial charge on any atom is -0.481 e. The van der Waals surface area contributed by atoms with Gasteiger partial charge in [-0.2, -0.15) is 0 Å². The van der Waals surface area contributed by atoms with E-state index in [2.05, 4.69) is 4.98 Å². The molecule has 0 spiro atoms. The van der Waals surface area contributed by atoms with Crippen LogP contribution >= 0.6 is 0 Å². The number of rotatable bonds is 3. The van der Waals surface area contributed by atoms with Crippen molar-refractivity contribution in [2.24, 2.45) is 0 Å². The lowest BCUT2D eigenvalue weighted by atomic mass is 10.0. The third-order valence-electron chi connectivity index (χ3n) is 3.27. The van der Waals surface area contributed by atoms with E-state index in [4.69, 9.17) is 5.11 Å². The van der Waals surface area contributed by atoms with Crippen LogP contribution in [0.15, 0.2) is 48.5 Å². The van der Waals surface area contributed by atoms with E-state index in [0.29, 0.717) is 0 Å². The molecule has 0 aliphatic carbocycles. The summed E-state index contributed by atoms with van der Waals surface area (Å²) < 4.78 is 13.0. The first-order chi connectivity index (χ1) is 9.65. The molecule has 3 aromatic rings. The molecule has 2 N–H and O–H groups in total. The predicted molar refractivity (Wildman–Crippen MR) is 75.0 cm³/mol. The largest absolute Gasteiger partial charge is 0.481 e. The van der Waals surface area contributed by atoms with Gasteiger partial charge >= 0.3 is 5.97 Å². The average Bonchev–Trinajstić information content (AvgIpc) is 2.78. The molecule has 3 rings (SSSR count). The van der Waals surface area contributed by atoms with Crippen molar-refractivity contribution in [3.8, 4) is 11.3 Å². The van der Waals surface area contributed by atoms with Crippen molar-refractivity contribution in [1.82, 2.24) is 4.98 Å².